The predicted molar refractivity (Wildman–Crippen MR) is 106 cm³/mol. The van der Waals surface area contributed by atoms with E-state index in [0.717, 1.165) is 11.3 Å². The summed E-state index contributed by atoms with van der Waals surface area (Å²) in [6.07, 6.45) is 0. The van der Waals surface area contributed by atoms with Gasteiger partial charge < -0.3 is 9.97 Å². The molecule has 7 nitrogen and oxygen atoms in total. The van der Waals surface area contributed by atoms with Gasteiger partial charge in [0.15, 0.2) is 5.13 Å². The van der Waals surface area contributed by atoms with Gasteiger partial charge in [-0.3, -0.25) is 19.7 Å². The number of rotatable bonds is 3. The van der Waals surface area contributed by atoms with Gasteiger partial charge in [-0.25, -0.2) is 4.98 Å². The molecule has 0 radical (unpaired) electrons. The van der Waals surface area contributed by atoms with Crippen LogP contribution in [0.2, 0.25) is 5.02 Å². The zero-order valence-corrected chi connectivity index (χ0v) is 15.1. The van der Waals surface area contributed by atoms with E-state index in [1.807, 2.05) is 17.5 Å². The molecule has 3 N–H and O–H groups in total. The number of carbonyl (C=O) groups excluding carboxylic acids is 1. The lowest BCUT2D eigenvalue weighted by atomic mass is 10.2. The topological polar surface area (TPSA) is 108 Å². The van der Waals surface area contributed by atoms with Crippen molar-refractivity contribution in [3.05, 3.63) is 79.1 Å². The Morgan fingerprint density at radius 3 is 2.44 bits per heavy atom. The number of H-pyrrole nitrogens is 2. The van der Waals surface area contributed by atoms with Crippen LogP contribution in [-0.2, 0) is 0 Å². The van der Waals surface area contributed by atoms with Crippen molar-refractivity contribution in [2.24, 2.45) is 0 Å². The Hall–Kier alpha value is -3.23. The van der Waals surface area contributed by atoms with Gasteiger partial charge in [-0.15, -0.1) is 11.3 Å². The number of fused-ring (bicyclic) bond motifs is 1. The molecule has 134 valence electrons. The fourth-order valence-corrected chi connectivity index (χ4v) is 3.35. The van der Waals surface area contributed by atoms with Crippen molar-refractivity contribution in [2.45, 2.75) is 0 Å². The highest BCUT2D eigenvalue weighted by Crippen LogP contribution is 2.26. The molecule has 0 bridgehead atoms. The number of benzene rings is 2. The third kappa shape index (κ3) is 3.53. The van der Waals surface area contributed by atoms with E-state index in [1.54, 1.807) is 24.3 Å². The van der Waals surface area contributed by atoms with E-state index in [0.29, 0.717) is 26.8 Å². The molecule has 2 aromatic carbocycles. The Kier molecular flexibility index (Phi) is 4.35. The van der Waals surface area contributed by atoms with Crippen molar-refractivity contribution in [3.8, 4) is 11.3 Å². The average Bonchev–Trinajstić information content (AvgIpc) is 3.11. The van der Waals surface area contributed by atoms with Gasteiger partial charge in [0.05, 0.1) is 16.7 Å². The van der Waals surface area contributed by atoms with Gasteiger partial charge in [0.25, 0.3) is 5.91 Å². The molecule has 27 heavy (non-hydrogen) atoms. The SMILES string of the molecule is O=C(Nc1nc(-c2ccc(Cl)cc2)cs1)c1ccc2[nH]c(=O)c(=O)[nH]c2c1. The number of amides is 1. The highest BCUT2D eigenvalue weighted by molar-refractivity contribution is 7.14. The zero-order chi connectivity index (χ0) is 19.0. The number of hydrogen-bond donors (Lipinski definition) is 3. The minimum atomic E-state index is -0.771. The van der Waals surface area contributed by atoms with Crippen LogP contribution in [0, 0.1) is 0 Å². The fourth-order valence-electron chi connectivity index (χ4n) is 2.51. The normalized spacial score (nSPS) is 10.9. The highest BCUT2D eigenvalue weighted by atomic mass is 35.5. The average molecular weight is 399 g/mol. The van der Waals surface area contributed by atoms with Crippen molar-refractivity contribution in [1.82, 2.24) is 15.0 Å². The molecule has 0 spiro atoms. The van der Waals surface area contributed by atoms with Crippen LogP contribution in [0.15, 0.2) is 57.4 Å². The first-order valence-electron chi connectivity index (χ1n) is 7.79. The summed E-state index contributed by atoms with van der Waals surface area (Å²) in [5, 5.41) is 5.65. The smallest absolute Gasteiger partial charge is 0.314 e. The van der Waals surface area contributed by atoms with E-state index >= 15 is 0 Å². The first-order chi connectivity index (χ1) is 13.0. The van der Waals surface area contributed by atoms with Crippen LogP contribution >= 0.6 is 22.9 Å². The monoisotopic (exact) mass is 398 g/mol. The molecule has 0 aliphatic heterocycles. The van der Waals surface area contributed by atoms with Crippen LogP contribution < -0.4 is 16.4 Å². The largest absolute Gasteiger partial charge is 0.316 e. The van der Waals surface area contributed by atoms with Crippen molar-refractivity contribution in [1.29, 1.82) is 0 Å². The van der Waals surface area contributed by atoms with Gasteiger partial charge >= 0.3 is 11.1 Å². The maximum Gasteiger partial charge on any atom is 0.314 e. The van der Waals surface area contributed by atoms with Crippen molar-refractivity contribution in [2.75, 3.05) is 5.32 Å². The van der Waals surface area contributed by atoms with E-state index in [2.05, 4.69) is 20.3 Å². The van der Waals surface area contributed by atoms with Crippen molar-refractivity contribution >= 4 is 45.0 Å². The molecule has 0 aliphatic rings. The molecule has 0 unspecified atom stereocenters. The molecule has 2 heterocycles. The summed E-state index contributed by atoms with van der Waals surface area (Å²) in [7, 11) is 0. The Balaban J connectivity index is 1.58. The number of halogens is 1. The standard InChI is InChI=1S/C18H11ClN4O3S/c19-11-4-1-9(2-5-11)14-8-27-18(22-14)23-15(24)10-3-6-12-13(7-10)21-17(26)16(25)20-12/h1-8H,(H,20,25)(H,21,26)(H,22,23,24). The third-order valence-corrected chi connectivity index (χ3v) is 4.86. The third-order valence-electron chi connectivity index (χ3n) is 3.85. The van der Waals surface area contributed by atoms with E-state index in [9.17, 15) is 14.4 Å². The van der Waals surface area contributed by atoms with E-state index < -0.39 is 11.1 Å². The summed E-state index contributed by atoms with van der Waals surface area (Å²) >= 11 is 7.18. The number of thiazole rings is 1. The molecule has 0 atom stereocenters. The maximum absolute atomic E-state index is 12.5. The molecular weight excluding hydrogens is 388 g/mol. The summed E-state index contributed by atoms with van der Waals surface area (Å²) in [6.45, 7) is 0. The highest BCUT2D eigenvalue weighted by Gasteiger charge is 2.11. The van der Waals surface area contributed by atoms with E-state index in [-0.39, 0.29) is 5.91 Å². The number of aromatic nitrogens is 3. The quantitative estimate of drug-likeness (QED) is 0.460. The molecule has 9 heteroatoms. The number of aromatic amines is 2. The van der Waals surface area contributed by atoms with Crippen LogP contribution in [0.25, 0.3) is 22.3 Å². The van der Waals surface area contributed by atoms with Crippen molar-refractivity contribution < 1.29 is 4.79 Å². The fraction of sp³-hybridized carbons (Fsp3) is 0. The van der Waals surface area contributed by atoms with Crippen LogP contribution in [0.1, 0.15) is 10.4 Å². The zero-order valence-electron chi connectivity index (χ0n) is 13.6. The Morgan fingerprint density at radius 1 is 1.00 bits per heavy atom. The predicted octanol–water partition coefficient (Wildman–Crippen LogP) is 3.25. The lowest BCUT2D eigenvalue weighted by Crippen LogP contribution is -2.29. The molecule has 2 aromatic heterocycles. The summed E-state index contributed by atoms with van der Waals surface area (Å²) in [4.78, 5) is 44.6. The van der Waals surface area contributed by atoms with Crippen LogP contribution in [0.3, 0.4) is 0 Å². The van der Waals surface area contributed by atoms with Gasteiger partial charge in [0.2, 0.25) is 0 Å². The van der Waals surface area contributed by atoms with Gasteiger partial charge in [-0.05, 0) is 30.3 Å². The Labute approximate surface area is 160 Å². The minimum absolute atomic E-state index is 0.327. The minimum Gasteiger partial charge on any atom is -0.316 e. The van der Waals surface area contributed by atoms with Crippen molar-refractivity contribution in [3.63, 3.8) is 0 Å². The van der Waals surface area contributed by atoms with Gasteiger partial charge in [0.1, 0.15) is 0 Å². The molecule has 0 saturated carbocycles. The number of carbonyl (C=O) groups is 1. The first kappa shape index (κ1) is 17.2. The number of anilines is 1. The van der Waals surface area contributed by atoms with E-state index in [1.165, 1.54) is 17.4 Å². The first-order valence-corrected chi connectivity index (χ1v) is 9.04. The Morgan fingerprint density at radius 2 is 1.70 bits per heavy atom. The number of nitrogens with zero attached hydrogens (tertiary/aromatic N) is 1. The second-order valence-electron chi connectivity index (χ2n) is 5.67. The second kappa shape index (κ2) is 6.82. The lowest BCUT2D eigenvalue weighted by molar-refractivity contribution is 0.102. The molecule has 4 rings (SSSR count). The summed E-state index contributed by atoms with van der Waals surface area (Å²) < 4.78 is 0. The molecule has 0 fully saturated rings. The van der Waals surface area contributed by atoms with Gasteiger partial charge in [-0.2, -0.15) is 0 Å². The summed E-state index contributed by atoms with van der Waals surface area (Å²) in [5.41, 5.74) is 1.25. The second-order valence-corrected chi connectivity index (χ2v) is 6.96. The summed E-state index contributed by atoms with van der Waals surface area (Å²) in [5.74, 6) is -0.374. The Bertz CT molecular complexity index is 1270. The van der Waals surface area contributed by atoms with Crippen LogP contribution in [-0.4, -0.2) is 20.9 Å². The maximum atomic E-state index is 12.5. The summed E-state index contributed by atoms with van der Waals surface area (Å²) in [6, 6.07) is 11.9. The van der Waals surface area contributed by atoms with E-state index in [4.69, 9.17) is 11.6 Å². The molecule has 0 saturated heterocycles. The molecular formula is C18H11ClN4O3S. The van der Waals surface area contributed by atoms with Gasteiger partial charge in [-0.1, -0.05) is 23.7 Å². The van der Waals surface area contributed by atoms with Crippen LogP contribution in [0.5, 0.6) is 0 Å². The van der Waals surface area contributed by atoms with Crippen LogP contribution in [0.4, 0.5) is 5.13 Å². The molecule has 4 aromatic rings. The van der Waals surface area contributed by atoms with Gasteiger partial charge in [0, 0.05) is 21.5 Å². The number of hydrogen-bond acceptors (Lipinski definition) is 5. The molecule has 1 amide bonds. The lowest BCUT2D eigenvalue weighted by Gasteiger charge is -2.03. The molecule has 0 aliphatic carbocycles. The number of nitrogens with one attached hydrogen (secondary N) is 3.